The Hall–Kier alpha value is -0.770. The van der Waals surface area contributed by atoms with Gasteiger partial charge in [-0.2, -0.15) is 0 Å². The molecule has 1 saturated heterocycles. The lowest BCUT2D eigenvalue weighted by atomic mass is 10.0. The number of nitrogens with zero attached hydrogens (tertiary/aromatic N) is 1. The molecule has 1 aliphatic heterocycles. The van der Waals surface area contributed by atoms with Crippen molar-refractivity contribution in [1.82, 2.24) is 10.2 Å². The van der Waals surface area contributed by atoms with Crippen molar-refractivity contribution in [2.45, 2.75) is 83.8 Å². The van der Waals surface area contributed by atoms with Crippen LogP contribution in [0, 0.1) is 5.92 Å². The molecule has 4 nitrogen and oxygen atoms in total. The van der Waals surface area contributed by atoms with Crippen molar-refractivity contribution in [2.24, 2.45) is 5.92 Å². The second-order valence-electron chi connectivity index (χ2n) is 8.01. The van der Waals surface area contributed by atoms with Crippen molar-refractivity contribution in [3.63, 3.8) is 0 Å². The number of ether oxygens (including phenoxy) is 1. The van der Waals surface area contributed by atoms with Crippen molar-refractivity contribution in [1.29, 1.82) is 0 Å². The fraction of sp³-hybridized carbons (Fsp3) is 0.944. The van der Waals surface area contributed by atoms with Crippen molar-refractivity contribution in [3.8, 4) is 0 Å². The van der Waals surface area contributed by atoms with Crippen LogP contribution in [0.4, 0.5) is 4.79 Å². The maximum Gasteiger partial charge on any atom is 0.410 e. The molecule has 1 atom stereocenters. The van der Waals surface area contributed by atoms with E-state index in [0.717, 1.165) is 32.0 Å². The van der Waals surface area contributed by atoms with Gasteiger partial charge in [-0.3, -0.25) is 0 Å². The zero-order valence-corrected chi connectivity index (χ0v) is 14.7. The lowest BCUT2D eigenvalue weighted by Gasteiger charge is -2.34. The quantitative estimate of drug-likeness (QED) is 0.782. The van der Waals surface area contributed by atoms with Crippen LogP contribution in [-0.4, -0.2) is 42.3 Å². The van der Waals surface area contributed by atoms with Gasteiger partial charge in [0.15, 0.2) is 0 Å². The first-order chi connectivity index (χ1) is 10.4. The molecule has 0 spiro atoms. The van der Waals surface area contributed by atoms with E-state index in [1.165, 1.54) is 44.9 Å². The molecule has 1 unspecified atom stereocenters. The molecule has 1 heterocycles. The second kappa shape index (κ2) is 8.19. The van der Waals surface area contributed by atoms with Crippen LogP contribution in [0.15, 0.2) is 0 Å². The monoisotopic (exact) mass is 310 g/mol. The Morgan fingerprint density at radius 1 is 1.18 bits per heavy atom. The van der Waals surface area contributed by atoms with Crippen molar-refractivity contribution >= 4 is 6.09 Å². The predicted molar refractivity (Wildman–Crippen MR) is 90.0 cm³/mol. The highest BCUT2D eigenvalue weighted by Crippen LogP contribution is 2.28. The Morgan fingerprint density at radius 2 is 1.91 bits per heavy atom. The van der Waals surface area contributed by atoms with Gasteiger partial charge < -0.3 is 15.0 Å². The third-order valence-electron chi connectivity index (χ3n) is 4.77. The molecule has 2 rings (SSSR count). The normalized spacial score (nSPS) is 23.8. The SMILES string of the molecule is CC(C)(C)OC(=O)N1CCCC(NCCCC2CCCC2)C1. The summed E-state index contributed by atoms with van der Waals surface area (Å²) in [5.41, 5.74) is -0.404. The Bertz CT molecular complexity index is 345. The average molecular weight is 310 g/mol. The molecule has 1 aliphatic carbocycles. The second-order valence-corrected chi connectivity index (χ2v) is 8.01. The number of hydrogen-bond acceptors (Lipinski definition) is 3. The van der Waals surface area contributed by atoms with Crippen molar-refractivity contribution in [3.05, 3.63) is 0 Å². The molecule has 0 bridgehead atoms. The van der Waals surface area contributed by atoms with Gasteiger partial charge in [0.25, 0.3) is 0 Å². The first-order valence-electron chi connectivity index (χ1n) is 9.15. The highest BCUT2D eigenvalue weighted by Gasteiger charge is 2.27. The third-order valence-corrected chi connectivity index (χ3v) is 4.77. The largest absolute Gasteiger partial charge is 0.444 e. The Labute approximate surface area is 136 Å². The third kappa shape index (κ3) is 6.15. The molecule has 2 aliphatic rings. The highest BCUT2D eigenvalue weighted by atomic mass is 16.6. The lowest BCUT2D eigenvalue weighted by molar-refractivity contribution is 0.0187. The summed E-state index contributed by atoms with van der Waals surface area (Å²) in [6, 6.07) is 0.435. The number of rotatable bonds is 5. The lowest BCUT2D eigenvalue weighted by Crippen LogP contribution is -2.49. The number of piperidine rings is 1. The summed E-state index contributed by atoms with van der Waals surface area (Å²) in [5, 5.41) is 3.64. The van der Waals surface area contributed by atoms with E-state index < -0.39 is 5.60 Å². The Balaban J connectivity index is 1.63. The summed E-state index contributed by atoms with van der Waals surface area (Å²) in [6.45, 7) is 8.48. The summed E-state index contributed by atoms with van der Waals surface area (Å²) in [5.74, 6) is 0.978. The number of carbonyl (C=O) groups excluding carboxylic acids is 1. The summed E-state index contributed by atoms with van der Waals surface area (Å²) >= 11 is 0. The van der Waals surface area contributed by atoms with Gasteiger partial charge in [-0.25, -0.2) is 4.79 Å². The number of hydrogen-bond donors (Lipinski definition) is 1. The highest BCUT2D eigenvalue weighted by molar-refractivity contribution is 5.68. The van der Waals surface area contributed by atoms with Crippen LogP contribution >= 0.6 is 0 Å². The van der Waals surface area contributed by atoms with Crippen LogP contribution < -0.4 is 5.32 Å². The van der Waals surface area contributed by atoms with Gasteiger partial charge in [-0.15, -0.1) is 0 Å². The minimum Gasteiger partial charge on any atom is -0.444 e. The van der Waals surface area contributed by atoms with Crippen LogP contribution in [0.1, 0.15) is 72.1 Å². The minimum atomic E-state index is -0.404. The topological polar surface area (TPSA) is 41.6 Å². The van der Waals surface area contributed by atoms with Gasteiger partial charge in [0, 0.05) is 19.1 Å². The van der Waals surface area contributed by atoms with Gasteiger partial charge in [0.1, 0.15) is 5.60 Å². The molecule has 1 N–H and O–H groups in total. The number of likely N-dealkylation sites (tertiary alicyclic amines) is 1. The van der Waals surface area contributed by atoms with Crippen LogP contribution in [0.2, 0.25) is 0 Å². The summed E-state index contributed by atoms with van der Waals surface area (Å²) < 4.78 is 5.48. The fourth-order valence-corrected chi connectivity index (χ4v) is 3.63. The first-order valence-corrected chi connectivity index (χ1v) is 9.15. The number of amides is 1. The molecular formula is C18H34N2O2. The Kier molecular flexibility index (Phi) is 6.54. The molecule has 1 amide bonds. The number of nitrogens with one attached hydrogen (secondary N) is 1. The van der Waals surface area contributed by atoms with E-state index in [0.29, 0.717) is 6.04 Å². The van der Waals surface area contributed by atoms with E-state index in [4.69, 9.17) is 4.74 Å². The summed E-state index contributed by atoms with van der Waals surface area (Å²) in [4.78, 5) is 14.0. The maximum atomic E-state index is 12.1. The number of carbonyl (C=O) groups is 1. The zero-order chi connectivity index (χ0) is 16.0. The van der Waals surface area contributed by atoms with Gasteiger partial charge >= 0.3 is 6.09 Å². The molecular weight excluding hydrogens is 276 g/mol. The zero-order valence-electron chi connectivity index (χ0n) is 14.7. The minimum absolute atomic E-state index is 0.162. The molecule has 2 fully saturated rings. The smallest absolute Gasteiger partial charge is 0.410 e. The van der Waals surface area contributed by atoms with Gasteiger partial charge in [0.2, 0.25) is 0 Å². The molecule has 0 radical (unpaired) electrons. The maximum absolute atomic E-state index is 12.1. The molecule has 0 aromatic carbocycles. The Morgan fingerprint density at radius 3 is 2.59 bits per heavy atom. The van der Waals surface area contributed by atoms with Crippen molar-refractivity contribution < 1.29 is 9.53 Å². The van der Waals surface area contributed by atoms with Crippen LogP contribution in [-0.2, 0) is 4.74 Å². The van der Waals surface area contributed by atoms with Crippen LogP contribution in [0.3, 0.4) is 0 Å². The average Bonchev–Trinajstić information content (AvgIpc) is 2.95. The van der Waals surface area contributed by atoms with E-state index in [1.807, 2.05) is 25.7 Å². The van der Waals surface area contributed by atoms with Gasteiger partial charge in [-0.1, -0.05) is 25.7 Å². The molecule has 0 aromatic heterocycles. The van der Waals surface area contributed by atoms with Gasteiger partial charge in [0.05, 0.1) is 0 Å². The van der Waals surface area contributed by atoms with Gasteiger partial charge in [-0.05, 0) is 58.9 Å². The summed E-state index contributed by atoms with van der Waals surface area (Å²) in [6.07, 6.45) is 10.5. The van der Waals surface area contributed by atoms with E-state index in [1.54, 1.807) is 0 Å². The fourth-order valence-electron chi connectivity index (χ4n) is 3.63. The molecule has 4 heteroatoms. The van der Waals surface area contributed by atoms with E-state index in [9.17, 15) is 4.79 Å². The van der Waals surface area contributed by atoms with E-state index in [-0.39, 0.29) is 6.09 Å². The van der Waals surface area contributed by atoms with Crippen molar-refractivity contribution in [2.75, 3.05) is 19.6 Å². The summed E-state index contributed by atoms with van der Waals surface area (Å²) in [7, 11) is 0. The molecule has 1 saturated carbocycles. The molecule has 0 aromatic rings. The predicted octanol–water partition coefficient (Wildman–Crippen LogP) is 3.95. The van der Waals surface area contributed by atoms with Crippen LogP contribution in [0.5, 0.6) is 0 Å². The molecule has 22 heavy (non-hydrogen) atoms. The van der Waals surface area contributed by atoms with Crippen LogP contribution in [0.25, 0.3) is 0 Å². The van der Waals surface area contributed by atoms with E-state index in [2.05, 4.69) is 5.32 Å². The first kappa shape index (κ1) is 17.6. The standard InChI is InChI=1S/C18H34N2O2/c1-18(2,3)22-17(21)20-13-7-11-16(14-20)19-12-6-10-15-8-4-5-9-15/h15-16,19H,4-14H2,1-3H3. The van der Waals surface area contributed by atoms with E-state index >= 15 is 0 Å². The molecule has 128 valence electrons.